The zero-order chi connectivity index (χ0) is 16.3. The summed E-state index contributed by atoms with van der Waals surface area (Å²) in [4.78, 5) is 40.0. The van der Waals surface area contributed by atoms with Crippen molar-refractivity contribution in [2.75, 3.05) is 7.05 Å². The van der Waals surface area contributed by atoms with E-state index in [4.69, 9.17) is 26.2 Å². The highest BCUT2D eigenvalue weighted by atomic mass is 16.4. The normalized spacial score (nSPS) is 12.5. The van der Waals surface area contributed by atoms with Crippen molar-refractivity contribution < 1.29 is 39.6 Å². The lowest BCUT2D eigenvalue weighted by Crippen LogP contribution is -2.35. The summed E-state index contributed by atoms with van der Waals surface area (Å²) in [6.45, 7) is 0. The van der Waals surface area contributed by atoms with Gasteiger partial charge in [0.1, 0.15) is 12.1 Å². The molecular formula is C10H18N2O8. The molecular weight excluding hydrogens is 276 g/mol. The molecule has 116 valence electrons. The number of likely N-dealkylation sites (N-methyl/N-ethyl adjacent to an activating group) is 1. The van der Waals surface area contributed by atoms with Crippen LogP contribution in [0.2, 0.25) is 0 Å². The Labute approximate surface area is 114 Å². The van der Waals surface area contributed by atoms with Crippen molar-refractivity contribution >= 4 is 23.9 Å². The van der Waals surface area contributed by atoms with Crippen LogP contribution in [0.15, 0.2) is 0 Å². The smallest absolute Gasteiger partial charge is 0.321 e. The van der Waals surface area contributed by atoms with Gasteiger partial charge in [0.25, 0.3) is 0 Å². The predicted octanol–water partition coefficient (Wildman–Crippen LogP) is -1.60. The fourth-order valence-electron chi connectivity index (χ4n) is 0.890. The molecule has 0 aromatic carbocycles. The van der Waals surface area contributed by atoms with Crippen molar-refractivity contribution in [3.8, 4) is 0 Å². The predicted molar refractivity (Wildman–Crippen MR) is 65.2 cm³/mol. The first-order chi connectivity index (χ1) is 9.11. The Morgan fingerprint density at radius 3 is 1.70 bits per heavy atom. The number of rotatable bonds is 8. The molecule has 2 atom stereocenters. The number of hydrogen-bond donors (Lipinski definition) is 6. The molecule has 0 saturated carbocycles. The van der Waals surface area contributed by atoms with Crippen LogP contribution < -0.4 is 11.1 Å². The molecule has 0 amide bonds. The second-order valence-electron chi connectivity index (χ2n) is 3.65. The number of nitrogens with one attached hydrogen (secondary N) is 1. The van der Waals surface area contributed by atoms with E-state index in [0.717, 1.165) is 0 Å². The van der Waals surface area contributed by atoms with Crippen LogP contribution in [-0.2, 0) is 19.2 Å². The van der Waals surface area contributed by atoms with E-state index in [1.807, 2.05) is 0 Å². The van der Waals surface area contributed by atoms with E-state index < -0.39 is 42.4 Å². The fourth-order valence-corrected chi connectivity index (χ4v) is 0.890. The molecule has 0 unspecified atom stereocenters. The van der Waals surface area contributed by atoms with Gasteiger partial charge >= 0.3 is 23.9 Å². The highest BCUT2D eigenvalue weighted by Gasteiger charge is 2.17. The average Bonchev–Trinajstić information content (AvgIpc) is 2.32. The minimum absolute atomic E-state index is 0.0231. The molecule has 0 rings (SSSR count). The van der Waals surface area contributed by atoms with Gasteiger partial charge in [-0.1, -0.05) is 0 Å². The van der Waals surface area contributed by atoms with Gasteiger partial charge in [-0.25, -0.2) is 0 Å². The molecule has 0 aliphatic carbocycles. The van der Waals surface area contributed by atoms with Gasteiger partial charge in [-0.2, -0.15) is 0 Å². The Morgan fingerprint density at radius 1 is 1.00 bits per heavy atom. The van der Waals surface area contributed by atoms with E-state index in [-0.39, 0.29) is 12.8 Å². The van der Waals surface area contributed by atoms with Crippen LogP contribution in [0.1, 0.15) is 19.3 Å². The zero-order valence-electron chi connectivity index (χ0n) is 10.8. The topological polar surface area (TPSA) is 187 Å². The van der Waals surface area contributed by atoms with Crippen LogP contribution >= 0.6 is 0 Å². The number of hydrogen-bond acceptors (Lipinski definition) is 6. The van der Waals surface area contributed by atoms with Gasteiger partial charge in [0.15, 0.2) is 0 Å². The van der Waals surface area contributed by atoms with E-state index in [9.17, 15) is 19.2 Å². The summed E-state index contributed by atoms with van der Waals surface area (Å²) in [7, 11) is 1.40. The molecule has 0 aliphatic heterocycles. The fraction of sp³-hybridized carbons (Fsp3) is 0.600. The Hall–Kier alpha value is -2.20. The van der Waals surface area contributed by atoms with E-state index in [2.05, 4.69) is 5.32 Å². The highest BCUT2D eigenvalue weighted by molar-refractivity contribution is 5.80. The number of carbonyl (C=O) groups is 4. The standard InChI is InChI=1S/2C5H9NO4/c1-6-3(5(9)10)2-4(7)8;6-3(5(9)10)1-2-4(7)8/h3,6H,2H2,1H3,(H,7,8)(H,9,10);3H,1-2,6H2,(H,7,8)(H,9,10)/t2*3-/m10/s1. The second-order valence-corrected chi connectivity index (χ2v) is 3.65. The number of carboxylic acids is 4. The SMILES string of the molecule is CN[C@H](CC(=O)O)C(=O)O.N[C@@H](CCC(=O)O)C(=O)O. The molecule has 0 aliphatic rings. The second kappa shape index (κ2) is 10.7. The van der Waals surface area contributed by atoms with Gasteiger partial charge in [0.05, 0.1) is 6.42 Å². The molecule has 0 fully saturated rings. The van der Waals surface area contributed by atoms with Crippen molar-refractivity contribution in [3.63, 3.8) is 0 Å². The number of nitrogens with two attached hydrogens (primary N) is 1. The van der Waals surface area contributed by atoms with E-state index >= 15 is 0 Å². The molecule has 0 heterocycles. The molecule has 0 saturated heterocycles. The summed E-state index contributed by atoms with van der Waals surface area (Å²) >= 11 is 0. The first kappa shape index (κ1) is 20.1. The highest BCUT2D eigenvalue weighted by Crippen LogP contribution is 1.93. The number of aliphatic carboxylic acids is 4. The van der Waals surface area contributed by atoms with Gasteiger partial charge in [-0.05, 0) is 13.5 Å². The van der Waals surface area contributed by atoms with Crippen LogP contribution in [0, 0.1) is 0 Å². The van der Waals surface area contributed by atoms with Crippen molar-refractivity contribution in [2.24, 2.45) is 5.73 Å². The summed E-state index contributed by atoms with van der Waals surface area (Å²) in [5, 5.41) is 35.1. The zero-order valence-corrected chi connectivity index (χ0v) is 10.8. The molecule has 0 radical (unpaired) electrons. The monoisotopic (exact) mass is 294 g/mol. The third-order valence-corrected chi connectivity index (χ3v) is 2.01. The lowest BCUT2D eigenvalue weighted by atomic mass is 10.2. The average molecular weight is 294 g/mol. The lowest BCUT2D eigenvalue weighted by molar-refractivity contribution is -0.145. The molecule has 0 bridgehead atoms. The van der Waals surface area contributed by atoms with E-state index in [1.54, 1.807) is 0 Å². The lowest BCUT2D eigenvalue weighted by Gasteiger charge is -2.06. The first-order valence-electron chi connectivity index (χ1n) is 5.43. The Kier molecular flexibility index (Phi) is 10.8. The van der Waals surface area contributed by atoms with E-state index in [0.29, 0.717) is 0 Å². The summed E-state index contributed by atoms with van der Waals surface area (Å²) in [6.07, 6.45) is -0.621. The Bertz CT molecular complexity index is 357. The minimum Gasteiger partial charge on any atom is -0.481 e. The van der Waals surface area contributed by atoms with Gasteiger partial charge in [-0.3, -0.25) is 19.2 Å². The van der Waals surface area contributed by atoms with Crippen molar-refractivity contribution in [1.29, 1.82) is 0 Å². The van der Waals surface area contributed by atoms with Crippen LogP contribution in [0.4, 0.5) is 0 Å². The Morgan fingerprint density at radius 2 is 1.50 bits per heavy atom. The summed E-state index contributed by atoms with van der Waals surface area (Å²) in [6, 6.07) is -2.05. The number of carboxylic acid groups (broad SMARTS) is 4. The van der Waals surface area contributed by atoms with Crippen LogP contribution in [0.5, 0.6) is 0 Å². The van der Waals surface area contributed by atoms with Gasteiger partial charge < -0.3 is 31.5 Å². The summed E-state index contributed by atoms with van der Waals surface area (Å²) in [5.74, 6) is -4.47. The Balaban J connectivity index is 0. The molecule has 0 spiro atoms. The largest absolute Gasteiger partial charge is 0.481 e. The maximum atomic E-state index is 10.1. The minimum atomic E-state index is -1.17. The molecule has 0 aromatic rings. The van der Waals surface area contributed by atoms with Crippen LogP contribution in [-0.4, -0.2) is 63.4 Å². The van der Waals surface area contributed by atoms with Crippen molar-refractivity contribution in [3.05, 3.63) is 0 Å². The summed E-state index contributed by atoms with van der Waals surface area (Å²) < 4.78 is 0. The summed E-state index contributed by atoms with van der Waals surface area (Å²) in [5.41, 5.74) is 5.00. The third kappa shape index (κ3) is 12.3. The van der Waals surface area contributed by atoms with Crippen LogP contribution in [0.3, 0.4) is 0 Å². The molecule has 20 heavy (non-hydrogen) atoms. The molecule has 0 aromatic heterocycles. The molecule has 10 nitrogen and oxygen atoms in total. The maximum Gasteiger partial charge on any atom is 0.321 e. The van der Waals surface area contributed by atoms with E-state index in [1.165, 1.54) is 7.05 Å². The quantitative estimate of drug-likeness (QED) is 0.304. The third-order valence-electron chi connectivity index (χ3n) is 2.01. The van der Waals surface area contributed by atoms with Gasteiger partial charge in [0.2, 0.25) is 0 Å². The van der Waals surface area contributed by atoms with Crippen molar-refractivity contribution in [1.82, 2.24) is 5.32 Å². The van der Waals surface area contributed by atoms with Crippen LogP contribution in [0.25, 0.3) is 0 Å². The molecule has 10 heteroatoms. The molecule has 7 N–H and O–H groups in total. The van der Waals surface area contributed by atoms with Gasteiger partial charge in [-0.15, -0.1) is 0 Å². The first-order valence-corrected chi connectivity index (χ1v) is 5.43. The van der Waals surface area contributed by atoms with Gasteiger partial charge in [0, 0.05) is 6.42 Å². The maximum absolute atomic E-state index is 10.1. The van der Waals surface area contributed by atoms with Crippen molar-refractivity contribution in [2.45, 2.75) is 31.3 Å².